The molecule has 1 aromatic rings. The zero-order valence-corrected chi connectivity index (χ0v) is 15.6. The lowest BCUT2D eigenvalue weighted by molar-refractivity contribution is 0.645. The molecule has 1 fully saturated rings. The van der Waals surface area contributed by atoms with Gasteiger partial charge >= 0.3 is 0 Å². The summed E-state index contributed by atoms with van der Waals surface area (Å²) in [5.41, 5.74) is 0. The number of aliphatic imine (C=N–C) groups is 1. The van der Waals surface area contributed by atoms with E-state index in [4.69, 9.17) is 0 Å². The number of nitrogens with one attached hydrogen (secondary N) is 2. The van der Waals surface area contributed by atoms with Crippen LogP contribution in [0, 0.1) is 5.92 Å². The van der Waals surface area contributed by atoms with E-state index in [2.05, 4.69) is 34.7 Å². The van der Waals surface area contributed by atoms with Gasteiger partial charge in [-0.3, -0.25) is 4.99 Å². The zero-order valence-electron chi connectivity index (χ0n) is 12.4. The second-order valence-corrected chi connectivity index (χ2v) is 6.41. The predicted octanol–water partition coefficient (Wildman–Crippen LogP) is 3.78. The number of hydrogen-bond donors (Lipinski definition) is 2. The van der Waals surface area contributed by atoms with Crippen molar-refractivity contribution in [2.45, 2.75) is 45.6 Å². The first-order valence-corrected chi connectivity index (χ1v) is 8.15. The van der Waals surface area contributed by atoms with Crippen LogP contribution in [0.5, 0.6) is 0 Å². The van der Waals surface area contributed by atoms with Gasteiger partial charge < -0.3 is 10.6 Å². The largest absolute Gasteiger partial charge is 0.356 e. The molecular formula is C15H26IN3S. The quantitative estimate of drug-likeness (QED) is 0.312. The van der Waals surface area contributed by atoms with Crippen molar-refractivity contribution in [2.24, 2.45) is 10.9 Å². The Bertz CT molecular complexity index is 413. The van der Waals surface area contributed by atoms with Gasteiger partial charge in [-0.25, -0.2) is 0 Å². The maximum Gasteiger partial charge on any atom is 0.191 e. The Balaban J connectivity index is 0.00000200. The summed E-state index contributed by atoms with van der Waals surface area (Å²) in [5.74, 6) is 1.94. The summed E-state index contributed by atoms with van der Waals surface area (Å²) in [6, 6.07) is 4.42. The lowest BCUT2D eigenvalue weighted by Gasteiger charge is -2.10. The molecule has 2 rings (SSSR count). The summed E-state index contributed by atoms with van der Waals surface area (Å²) < 4.78 is 0. The molecule has 1 saturated carbocycles. The molecule has 0 atom stereocenters. The highest BCUT2D eigenvalue weighted by Crippen LogP contribution is 2.33. The number of thiophene rings is 1. The average molecular weight is 407 g/mol. The summed E-state index contributed by atoms with van der Waals surface area (Å²) in [6.45, 7) is 4.09. The monoisotopic (exact) mass is 407 g/mol. The minimum atomic E-state index is 0. The molecule has 2 N–H and O–H groups in total. The maximum atomic E-state index is 4.26. The Labute approximate surface area is 143 Å². The second kappa shape index (κ2) is 9.60. The number of hydrogen-bond acceptors (Lipinski definition) is 2. The minimum Gasteiger partial charge on any atom is -0.356 e. The van der Waals surface area contributed by atoms with Gasteiger partial charge in [0, 0.05) is 23.3 Å². The average Bonchev–Trinajstić information content (AvgIpc) is 3.14. The standard InChI is InChI=1S/C15H25N3S.HI/c1-3-13-8-9-14(19-13)11-18-15(16-2)17-10-4-5-12-6-7-12;/h8-9,12H,3-7,10-11H2,1-2H3,(H2,16,17,18);1H. The van der Waals surface area contributed by atoms with E-state index in [1.807, 2.05) is 18.4 Å². The van der Waals surface area contributed by atoms with Crippen molar-refractivity contribution in [3.05, 3.63) is 21.9 Å². The lowest BCUT2D eigenvalue weighted by Crippen LogP contribution is -2.37. The van der Waals surface area contributed by atoms with Crippen molar-refractivity contribution in [3.8, 4) is 0 Å². The Hall–Kier alpha value is -0.300. The summed E-state index contributed by atoms with van der Waals surface area (Å²) in [6.07, 6.45) is 6.65. The number of guanidine groups is 1. The Kier molecular flexibility index (Phi) is 8.52. The Morgan fingerprint density at radius 3 is 2.65 bits per heavy atom. The molecule has 0 spiro atoms. The first-order chi connectivity index (χ1) is 9.31. The maximum absolute atomic E-state index is 4.26. The number of halogens is 1. The van der Waals surface area contributed by atoms with Gasteiger partial charge in [0.15, 0.2) is 5.96 Å². The fourth-order valence-corrected chi connectivity index (χ4v) is 3.00. The molecule has 0 aliphatic heterocycles. The van der Waals surface area contributed by atoms with Crippen molar-refractivity contribution in [1.29, 1.82) is 0 Å². The van der Waals surface area contributed by atoms with Gasteiger partial charge in [-0.05, 0) is 37.3 Å². The van der Waals surface area contributed by atoms with Gasteiger partial charge in [-0.2, -0.15) is 0 Å². The zero-order chi connectivity index (χ0) is 13.5. The van der Waals surface area contributed by atoms with Crippen LogP contribution in [-0.2, 0) is 13.0 Å². The van der Waals surface area contributed by atoms with E-state index < -0.39 is 0 Å². The van der Waals surface area contributed by atoms with E-state index in [0.29, 0.717) is 0 Å². The molecule has 0 saturated heterocycles. The van der Waals surface area contributed by atoms with Crippen LogP contribution in [0.3, 0.4) is 0 Å². The Morgan fingerprint density at radius 1 is 1.30 bits per heavy atom. The molecule has 114 valence electrons. The molecule has 0 amide bonds. The van der Waals surface area contributed by atoms with Crippen LogP contribution < -0.4 is 10.6 Å². The number of nitrogens with zero attached hydrogens (tertiary/aromatic N) is 1. The van der Waals surface area contributed by atoms with Crippen LogP contribution in [0.2, 0.25) is 0 Å². The topological polar surface area (TPSA) is 36.4 Å². The fraction of sp³-hybridized carbons (Fsp3) is 0.667. The summed E-state index contributed by atoms with van der Waals surface area (Å²) >= 11 is 1.88. The van der Waals surface area contributed by atoms with Crippen molar-refractivity contribution < 1.29 is 0 Å². The van der Waals surface area contributed by atoms with Crippen LogP contribution in [0.25, 0.3) is 0 Å². The van der Waals surface area contributed by atoms with Crippen molar-refractivity contribution in [1.82, 2.24) is 10.6 Å². The molecule has 0 radical (unpaired) electrons. The van der Waals surface area contributed by atoms with Crippen LogP contribution in [0.4, 0.5) is 0 Å². The van der Waals surface area contributed by atoms with E-state index in [-0.39, 0.29) is 24.0 Å². The van der Waals surface area contributed by atoms with Crippen LogP contribution >= 0.6 is 35.3 Å². The predicted molar refractivity (Wildman–Crippen MR) is 99.3 cm³/mol. The van der Waals surface area contributed by atoms with Gasteiger partial charge in [0.1, 0.15) is 0 Å². The smallest absolute Gasteiger partial charge is 0.191 e. The number of rotatable bonds is 7. The number of aryl methyl sites for hydroxylation is 1. The van der Waals surface area contributed by atoms with E-state index in [0.717, 1.165) is 31.4 Å². The lowest BCUT2D eigenvalue weighted by atomic mass is 10.2. The van der Waals surface area contributed by atoms with E-state index in [1.165, 1.54) is 35.4 Å². The third kappa shape index (κ3) is 6.43. The van der Waals surface area contributed by atoms with Gasteiger partial charge in [-0.15, -0.1) is 35.3 Å². The van der Waals surface area contributed by atoms with E-state index in [1.54, 1.807) is 0 Å². The van der Waals surface area contributed by atoms with E-state index >= 15 is 0 Å². The van der Waals surface area contributed by atoms with Gasteiger partial charge in [0.05, 0.1) is 6.54 Å². The molecular weight excluding hydrogens is 381 g/mol. The molecule has 1 aliphatic carbocycles. The van der Waals surface area contributed by atoms with Crippen molar-refractivity contribution in [3.63, 3.8) is 0 Å². The molecule has 3 nitrogen and oxygen atoms in total. The highest BCUT2D eigenvalue weighted by atomic mass is 127. The summed E-state index contributed by atoms with van der Waals surface area (Å²) in [4.78, 5) is 7.08. The molecule has 0 aromatic carbocycles. The minimum absolute atomic E-state index is 0. The molecule has 1 aromatic heterocycles. The molecule has 1 aliphatic rings. The first kappa shape index (κ1) is 17.8. The second-order valence-electron chi connectivity index (χ2n) is 5.16. The third-order valence-corrected chi connectivity index (χ3v) is 4.73. The molecule has 1 heterocycles. The summed E-state index contributed by atoms with van der Waals surface area (Å²) in [7, 11) is 1.84. The van der Waals surface area contributed by atoms with Crippen molar-refractivity contribution >= 4 is 41.3 Å². The highest BCUT2D eigenvalue weighted by Gasteiger charge is 2.19. The van der Waals surface area contributed by atoms with Crippen LogP contribution in [0.15, 0.2) is 17.1 Å². The SMILES string of the molecule is CCc1ccc(CNC(=NC)NCCCC2CC2)s1.I. The van der Waals surface area contributed by atoms with Gasteiger partial charge in [-0.1, -0.05) is 19.8 Å². The molecule has 5 heteroatoms. The molecule has 0 bridgehead atoms. The van der Waals surface area contributed by atoms with Gasteiger partial charge in [0.25, 0.3) is 0 Å². The summed E-state index contributed by atoms with van der Waals surface area (Å²) in [5, 5.41) is 6.76. The van der Waals surface area contributed by atoms with Crippen LogP contribution in [-0.4, -0.2) is 19.6 Å². The highest BCUT2D eigenvalue weighted by molar-refractivity contribution is 14.0. The van der Waals surface area contributed by atoms with Crippen LogP contribution in [0.1, 0.15) is 42.4 Å². The fourth-order valence-electron chi connectivity index (χ4n) is 2.10. The molecule has 20 heavy (non-hydrogen) atoms. The first-order valence-electron chi connectivity index (χ1n) is 7.34. The third-order valence-electron chi connectivity index (χ3n) is 3.50. The Morgan fingerprint density at radius 2 is 2.05 bits per heavy atom. The van der Waals surface area contributed by atoms with E-state index in [9.17, 15) is 0 Å². The normalized spacial score (nSPS) is 14.8. The van der Waals surface area contributed by atoms with Gasteiger partial charge in [0.2, 0.25) is 0 Å². The molecule has 0 unspecified atom stereocenters. The van der Waals surface area contributed by atoms with Crippen molar-refractivity contribution in [2.75, 3.05) is 13.6 Å².